The van der Waals surface area contributed by atoms with E-state index >= 15 is 0 Å². The molecule has 2 heterocycles. The van der Waals surface area contributed by atoms with E-state index in [1.54, 1.807) is 4.68 Å². The molecule has 1 aromatic carbocycles. The molecule has 1 aliphatic rings. The van der Waals surface area contributed by atoms with Gasteiger partial charge in [0.1, 0.15) is 0 Å². The number of nitrogens with two attached hydrogens (primary N) is 1. The van der Waals surface area contributed by atoms with Gasteiger partial charge in [0.25, 0.3) is 0 Å². The fourth-order valence-electron chi connectivity index (χ4n) is 2.32. The van der Waals surface area contributed by atoms with Crippen molar-refractivity contribution in [3.05, 3.63) is 41.2 Å². The number of hydrogen-bond donors (Lipinski definition) is 1. The Labute approximate surface area is 99.8 Å². The van der Waals surface area contributed by atoms with E-state index in [-0.39, 0.29) is 0 Å². The molecular formula is C12H15N5. The van der Waals surface area contributed by atoms with Gasteiger partial charge in [-0.1, -0.05) is 17.3 Å². The molecule has 0 spiro atoms. The van der Waals surface area contributed by atoms with E-state index in [1.807, 2.05) is 25.4 Å². The Kier molecular flexibility index (Phi) is 2.33. The lowest BCUT2D eigenvalue weighted by Gasteiger charge is -2.11. The molecule has 0 aliphatic carbocycles. The summed E-state index contributed by atoms with van der Waals surface area (Å²) in [7, 11) is 1.88. The van der Waals surface area contributed by atoms with Crippen LogP contribution in [0.5, 0.6) is 0 Å². The van der Waals surface area contributed by atoms with Crippen molar-refractivity contribution in [1.82, 2.24) is 19.9 Å². The minimum atomic E-state index is 0.821. The SMILES string of the molecule is Cn1cc(CN2Cc3cccc(N)c3C2)nn1. The molecule has 1 aromatic heterocycles. The molecule has 0 fully saturated rings. The van der Waals surface area contributed by atoms with Gasteiger partial charge in [0, 0.05) is 38.6 Å². The van der Waals surface area contributed by atoms with E-state index in [0.717, 1.165) is 31.0 Å². The van der Waals surface area contributed by atoms with Crippen LogP contribution in [0.2, 0.25) is 0 Å². The van der Waals surface area contributed by atoms with Gasteiger partial charge < -0.3 is 5.73 Å². The summed E-state index contributed by atoms with van der Waals surface area (Å²) in [6.45, 7) is 2.66. The molecule has 3 rings (SSSR count). The van der Waals surface area contributed by atoms with E-state index < -0.39 is 0 Å². The molecule has 0 atom stereocenters. The molecule has 1 aliphatic heterocycles. The van der Waals surface area contributed by atoms with Gasteiger partial charge in [0.2, 0.25) is 0 Å². The summed E-state index contributed by atoms with van der Waals surface area (Å²) >= 11 is 0. The van der Waals surface area contributed by atoms with Crippen LogP contribution in [-0.2, 0) is 26.7 Å². The highest BCUT2D eigenvalue weighted by Gasteiger charge is 2.21. The first-order valence-corrected chi connectivity index (χ1v) is 5.66. The predicted molar refractivity (Wildman–Crippen MR) is 64.8 cm³/mol. The Morgan fingerprint density at radius 2 is 2.24 bits per heavy atom. The third-order valence-electron chi connectivity index (χ3n) is 3.12. The average Bonchev–Trinajstić information content (AvgIpc) is 2.86. The van der Waals surface area contributed by atoms with Crippen LogP contribution in [0.4, 0.5) is 5.69 Å². The van der Waals surface area contributed by atoms with Crippen molar-refractivity contribution in [2.75, 3.05) is 5.73 Å². The molecule has 0 radical (unpaired) electrons. The number of nitrogens with zero attached hydrogens (tertiary/aromatic N) is 4. The Bertz CT molecular complexity index is 546. The molecule has 2 N–H and O–H groups in total. The van der Waals surface area contributed by atoms with Crippen molar-refractivity contribution in [3.8, 4) is 0 Å². The van der Waals surface area contributed by atoms with Gasteiger partial charge in [-0.25, -0.2) is 0 Å². The minimum absolute atomic E-state index is 0.821. The lowest BCUT2D eigenvalue weighted by Crippen LogP contribution is -2.16. The molecule has 0 bridgehead atoms. The standard InChI is InChI=1S/C12H15N5/c1-16-6-10(14-15-16)7-17-5-9-3-2-4-12(13)11(9)8-17/h2-4,6H,5,7-8,13H2,1H3. The van der Waals surface area contributed by atoms with Crippen molar-refractivity contribution in [2.45, 2.75) is 19.6 Å². The minimum Gasteiger partial charge on any atom is -0.398 e. The number of aryl methyl sites for hydroxylation is 1. The lowest BCUT2D eigenvalue weighted by atomic mass is 10.1. The Morgan fingerprint density at radius 1 is 1.35 bits per heavy atom. The number of anilines is 1. The smallest absolute Gasteiger partial charge is 0.0967 e. The van der Waals surface area contributed by atoms with Crippen molar-refractivity contribution < 1.29 is 0 Å². The third-order valence-corrected chi connectivity index (χ3v) is 3.12. The Hall–Kier alpha value is -1.88. The second-order valence-corrected chi connectivity index (χ2v) is 4.51. The molecule has 0 unspecified atom stereocenters. The van der Waals surface area contributed by atoms with Gasteiger partial charge in [-0.2, -0.15) is 0 Å². The first-order chi connectivity index (χ1) is 8.22. The van der Waals surface area contributed by atoms with Crippen molar-refractivity contribution in [1.29, 1.82) is 0 Å². The van der Waals surface area contributed by atoms with Crippen LogP contribution in [0.3, 0.4) is 0 Å². The maximum atomic E-state index is 5.97. The van der Waals surface area contributed by atoms with Crippen molar-refractivity contribution in [3.63, 3.8) is 0 Å². The van der Waals surface area contributed by atoms with Crippen LogP contribution in [0, 0.1) is 0 Å². The van der Waals surface area contributed by atoms with Crippen LogP contribution < -0.4 is 5.73 Å². The second-order valence-electron chi connectivity index (χ2n) is 4.51. The fraction of sp³-hybridized carbons (Fsp3) is 0.333. The molecule has 0 amide bonds. The number of nitrogen functional groups attached to an aromatic ring is 1. The number of hydrogen-bond acceptors (Lipinski definition) is 4. The van der Waals surface area contributed by atoms with Crippen LogP contribution >= 0.6 is 0 Å². The van der Waals surface area contributed by atoms with Crippen molar-refractivity contribution >= 4 is 5.69 Å². The number of benzene rings is 1. The summed E-state index contributed by atoms with van der Waals surface area (Å²) in [4.78, 5) is 2.32. The van der Waals surface area contributed by atoms with Gasteiger partial charge in [0.15, 0.2) is 0 Å². The Morgan fingerprint density at radius 3 is 2.94 bits per heavy atom. The van der Waals surface area contributed by atoms with Gasteiger partial charge in [0.05, 0.1) is 5.69 Å². The molecule has 88 valence electrons. The number of aromatic nitrogens is 3. The van der Waals surface area contributed by atoms with Gasteiger partial charge in [-0.15, -0.1) is 5.10 Å². The molecule has 5 heteroatoms. The van der Waals surface area contributed by atoms with E-state index in [2.05, 4.69) is 21.3 Å². The summed E-state index contributed by atoms with van der Waals surface area (Å²) in [5, 5.41) is 8.05. The Balaban J connectivity index is 1.76. The van der Waals surface area contributed by atoms with Crippen LogP contribution in [0.1, 0.15) is 16.8 Å². The molecule has 0 saturated carbocycles. The third kappa shape index (κ3) is 1.89. The zero-order valence-electron chi connectivity index (χ0n) is 9.80. The van der Waals surface area contributed by atoms with Gasteiger partial charge in [-0.05, 0) is 17.2 Å². The summed E-state index contributed by atoms with van der Waals surface area (Å²) in [6, 6.07) is 6.12. The average molecular weight is 229 g/mol. The van der Waals surface area contributed by atoms with Crippen LogP contribution in [-0.4, -0.2) is 19.9 Å². The largest absolute Gasteiger partial charge is 0.398 e. The van der Waals surface area contributed by atoms with E-state index in [0.29, 0.717) is 0 Å². The molecule has 17 heavy (non-hydrogen) atoms. The molecular weight excluding hydrogens is 214 g/mol. The highest BCUT2D eigenvalue weighted by atomic mass is 15.4. The zero-order chi connectivity index (χ0) is 11.8. The lowest BCUT2D eigenvalue weighted by molar-refractivity contribution is 0.272. The normalized spacial score (nSPS) is 15.1. The van der Waals surface area contributed by atoms with Crippen molar-refractivity contribution in [2.24, 2.45) is 7.05 Å². The topological polar surface area (TPSA) is 60.0 Å². The maximum Gasteiger partial charge on any atom is 0.0967 e. The summed E-state index contributed by atoms with van der Waals surface area (Å²) < 4.78 is 1.73. The molecule has 5 nitrogen and oxygen atoms in total. The summed E-state index contributed by atoms with van der Waals surface area (Å²) in [6.07, 6.45) is 1.95. The van der Waals surface area contributed by atoms with E-state index in [4.69, 9.17) is 5.73 Å². The summed E-state index contributed by atoms with van der Waals surface area (Å²) in [5.74, 6) is 0. The molecule has 2 aromatic rings. The highest BCUT2D eigenvalue weighted by molar-refractivity contribution is 5.52. The van der Waals surface area contributed by atoms with Crippen LogP contribution in [0.15, 0.2) is 24.4 Å². The first kappa shape index (κ1) is 10.3. The zero-order valence-corrected chi connectivity index (χ0v) is 9.80. The van der Waals surface area contributed by atoms with Gasteiger partial charge >= 0.3 is 0 Å². The monoisotopic (exact) mass is 229 g/mol. The number of fused-ring (bicyclic) bond motifs is 1. The second kappa shape index (κ2) is 3.85. The van der Waals surface area contributed by atoms with E-state index in [9.17, 15) is 0 Å². The quantitative estimate of drug-likeness (QED) is 0.778. The maximum absolute atomic E-state index is 5.97. The number of rotatable bonds is 2. The fourth-order valence-corrected chi connectivity index (χ4v) is 2.32. The highest BCUT2D eigenvalue weighted by Crippen LogP contribution is 2.28. The predicted octanol–water partition coefficient (Wildman–Crippen LogP) is 0.913. The summed E-state index contributed by atoms with van der Waals surface area (Å²) in [5.41, 5.74) is 10.5. The van der Waals surface area contributed by atoms with Crippen LogP contribution in [0.25, 0.3) is 0 Å². The van der Waals surface area contributed by atoms with Gasteiger partial charge in [-0.3, -0.25) is 9.58 Å². The molecule has 0 saturated heterocycles. The first-order valence-electron chi connectivity index (χ1n) is 5.66. The van der Waals surface area contributed by atoms with E-state index in [1.165, 1.54) is 11.1 Å².